The zero-order chi connectivity index (χ0) is 12.2. The summed E-state index contributed by atoms with van der Waals surface area (Å²) in [6.07, 6.45) is 7.06. The van der Waals surface area contributed by atoms with Gasteiger partial charge in [-0.2, -0.15) is 0 Å². The van der Waals surface area contributed by atoms with Crippen LogP contribution in [-0.2, 0) is 9.84 Å². The summed E-state index contributed by atoms with van der Waals surface area (Å²) < 4.78 is 22.4. The fraction of sp³-hybridized carbons (Fsp3) is 1.00. The third-order valence-corrected chi connectivity index (χ3v) is 4.88. The van der Waals surface area contributed by atoms with Crippen molar-refractivity contribution in [3.63, 3.8) is 0 Å². The van der Waals surface area contributed by atoms with Crippen LogP contribution in [0.5, 0.6) is 0 Å². The van der Waals surface area contributed by atoms with Crippen molar-refractivity contribution in [2.45, 2.75) is 45.1 Å². The summed E-state index contributed by atoms with van der Waals surface area (Å²) >= 11 is 0. The summed E-state index contributed by atoms with van der Waals surface area (Å²) in [5.41, 5.74) is 0. The Morgan fingerprint density at radius 3 is 2.50 bits per heavy atom. The molecule has 4 heteroatoms. The second-order valence-electron chi connectivity index (χ2n) is 5.16. The molecule has 0 bridgehead atoms. The molecule has 0 spiro atoms. The molecule has 3 nitrogen and oxygen atoms in total. The first-order valence-corrected chi connectivity index (χ1v) is 8.37. The van der Waals surface area contributed by atoms with Crippen molar-refractivity contribution in [2.24, 2.45) is 11.8 Å². The molecule has 1 aliphatic rings. The molecule has 0 radical (unpaired) electrons. The predicted octanol–water partition coefficient (Wildman–Crippen LogP) is 1.84. The first kappa shape index (κ1) is 14.0. The van der Waals surface area contributed by atoms with Crippen LogP contribution in [0.15, 0.2) is 0 Å². The SMILES string of the molecule is CCC1CCC(NC)C(CCS(C)(=O)=O)C1. The highest BCUT2D eigenvalue weighted by Crippen LogP contribution is 2.33. The average molecular weight is 247 g/mol. The fourth-order valence-electron chi connectivity index (χ4n) is 2.80. The van der Waals surface area contributed by atoms with Gasteiger partial charge in [0.2, 0.25) is 0 Å². The molecular weight excluding hydrogens is 222 g/mol. The third kappa shape index (κ3) is 4.42. The summed E-state index contributed by atoms with van der Waals surface area (Å²) in [5, 5.41) is 3.34. The van der Waals surface area contributed by atoms with Crippen LogP contribution in [0.4, 0.5) is 0 Å². The van der Waals surface area contributed by atoms with Crippen molar-refractivity contribution in [1.82, 2.24) is 5.32 Å². The second-order valence-corrected chi connectivity index (χ2v) is 7.42. The molecule has 96 valence electrons. The van der Waals surface area contributed by atoms with Gasteiger partial charge < -0.3 is 5.32 Å². The van der Waals surface area contributed by atoms with E-state index in [0.717, 1.165) is 12.3 Å². The van der Waals surface area contributed by atoms with Crippen LogP contribution in [0.25, 0.3) is 0 Å². The zero-order valence-corrected chi connectivity index (χ0v) is 11.5. The van der Waals surface area contributed by atoms with Crippen LogP contribution in [0.2, 0.25) is 0 Å². The number of sulfone groups is 1. The first-order valence-electron chi connectivity index (χ1n) is 6.31. The van der Waals surface area contributed by atoms with Crippen molar-refractivity contribution >= 4 is 9.84 Å². The highest BCUT2D eigenvalue weighted by atomic mass is 32.2. The van der Waals surface area contributed by atoms with E-state index in [4.69, 9.17) is 0 Å². The van der Waals surface area contributed by atoms with Gasteiger partial charge in [-0.3, -0.25) is 0 Å². The quantitative estimate of drug-likeness (QED) is 0.806. The molecule has 0 aliphatic heterocycles. The molecule has 1 saturated carbocycles. The highest BCUT2D eigenvalue weighted by molar-refractivity contribution is 7.90. The van der Waals surface area contributed by atoms with Crippen molar-refractivity contribution in [3.8, 4) is 0 Å². The predicted molar refractivity (Wildman–Crippen MR) is 68.3 cm³/mol. The number of hydrogen-bond acceptors (Lipinski definition) is 3. The number of hydrogen-bond donors (Lipinski definition) is 1. The molecule has 0 aromatic carbocycles. The van der Waals surface area contributed by atoms with E-state index in [0.29, 0.717) is 17.7 Å². The summed E-state index contributed by atoms with van der Waals surface area (Å²) in [6.45, 7) is 2.23. The highest BCUT2D eigenvalue weighted by Gasteiger charge is 2.29. The van der Waals surface area contributed by atoms with Crippen molar-refractivity contribution < 1.29 is 8.42 Å². The molecule has 0 aromatic rings. The van der Waals surface area contributed by atoms with Gasteiger partial charge in [0.15, 0.2) is 0 Å². The molecule has 1 N–H and O–H groups in total. The average Bonchev–Trinajstić information content (AvgIpc) is 2.25. The van der Waals surface area contributed by atoms with E-state index >= 15 is 0 Å². The van der Waals surface area contributed by atoms with Gasteiger partial charge in [-0.05, 0) is 44.6 Å². The van der Waals surface area contributed by atoms with Crippen LogP contribution >= 0.6 is 0 Å². The van der Waals surface area contributed by atoms with E-state index in [2.05, 4.69) is 12.2 Å². The first-order chi connectivity index (χ1) is 7.46. The van der Waals surface area contributed by atoms with Gasteiger partial charge in [0.25, 0.3) is 0 Å². The topological polar surface area (TPSA) is 46.2 Å². The van der Waals surface area contributed by atoms with Gasteiger partial charge >= 0.3 is 0 Å². The summed E-state index contributed by atoms with van der Waals surface area (Å²) in [6, 6.07) is 0.518. The van der Waals surface area contributed by atoms with Crippen LogP contribution < -0.4 is 5.32 Å². The molecular formula is C12H25NO2S. The molecule has 3 unspecified atom stereocenters. The van der Waals surface area contributed by atoms with Crippen LogP contribution in [-0.4, -0.2) is 33.5 Å². The van der Waals surface area contributed by atoms with Crippen LogP contribution in [0.3, 0.4) is 0 Å². The molecule has 1 rings (SSSR count). The molecule has 1 aliphatic carbocycles. The van der Waals surface area contributed by atoms with E-state index in [9.17, 15) is 8.42 Å². The Balaban J connectivity index is 2.51. The van der Waals surface area contributed by atoms with Crippen molar-refractivity contribution in [2.75, 3.05) is 19.1 Å². The van der Waals surface area contributed by atoms with Crippen molar-refractivity contribution in [3.05, 3.63) is 0 Å². The van der Waals surface area contributed by atoms with Crippen molar-refractivity contribution in [1.29, 1.82) is 0 Å². The lowest BCUT2D eigenvalue weighted by molar-refractivity contribution is 0.202. The van der Waals surface area contributed by atoms with E-state index in [1.165, 1.54) is 31.9 Å². The lowest BCUT2D eigenvalue weighted by Gasteiger charge is -2.35. The Hall–Kier alpha value is -0.0900. The van der Waals surface area contributed by atoms with Gasteiger partial charge in [-0.15, -0.1) is 0 Å². The Morgan fingerprint density at radius 1 is 1.31 bits per heavy atom. The van der Waals surface area contributed by atoms with E-state index in [1.54, 1.807) is 0 Å². The molecule has 0 heterocycles. The van der Waals surface area contributed by atoms with Gasteiger partial charge in [0.05, 0.1) is 5.75 Å². The van der Waals surface area contributed by atoms with E-state index < -0.39 is 9.84 Å². The minimum Gasteiger partial charge on any atom is -0.317 e. The molecule has 0 saturated heterocycles. The lowest BCUT2D eigenvalue weighted by Crippen LogP contribution is -2.39. The van der Waals surface area contributed by atoms with Gasteiger partial charge in [-0.25, -0.2) is 8.42 Å². The summed E-state index contributed by atoms with van der Waals surface area (Å²) in [7, 11) is -0.817. The second kappa shape index (κ2) is 6.01. The molecule has 3 atom stereocenters. The molecule has 0 aromatic heterocycles. The Labute approximate surface area is 99.9 Å². The third-order valence-electron chi connectivity index (χ3n) is 3.90. The Kier molecular flexibility index (Phi) is 5.25. The Bertz CT molecular complexity index is 300. The number of nitrogens with one attached hydrogen (secondary N) is 1. The van der Waals surface area contributed by atoms with Gasteiger partial charge in [0.1, 0.15) is 9.84 Å². The minimum absolute atomic E-state index is 0.340. The Morgan fingerprint density at radius 2 is 2.00 bits per heavy atom. The van der Waals surface area contributed by atoms with Gasteiger partial charge in [0, 0.05) is 12.3 Å². The zero-order valence-electron chi connectivity index (χ0n) is 10.7. The summed E-state index contributed by atoms with van der Waals surface area (Å²) in [4.78, 5) is 0. The monoisotopic (exact) mass is 247 g/mol. The summed E-state index contributed by atoms with van der Waals surface area (Å²) in [5.74, 6) is 1.68. The smallest absolute Gasteiger partial charge is 0.147 e. The van der Waals surface area contributed by atoms with E-state index in [1.807, 2.05) is 7.05 Å². The van der Waals surface area contributed by atoms with Gasteiger partial charge in [-0.1, -0.05) is 13.3 Å². The lowest BCUT2D eigenvalue weighted by atomic mass is 9.76. The number of rotatable bonds is 5. The van der Waals surface area contributed by atoms with E-state index in [-0.39, 0.29) is 0 Å². The molecule has 0 amide bonds. The normalized spacial score (nSPS) is 31.6. The van der Waals surface area contributed by atoms with Crippen LogP contribution in [0.1, 0.15) is 39.0 Å². The standard InChI is InChI=1S/C12H25NO2S/c1-4-10-5-6-12(13-2)11(9-10)7-8-16(3,14)15/h10-13H,4-9H2,1-3H3. The largest absolute Gasteiger partial charge is 0.317 e. The maximum Gasteiger partial charge on any atom is 0.147 e. The maximum atomic E-state index is 11.2. The van der Waals surface area contributed by atoms with Crippen LogP contribution in [0, 0.1) is 11.8 Å². The molecule has 1 fully saturated rings. The fourth-order valence-corrected chi connectivity index (χ4v) is 3.53. The molecule has 16 heavy (non-hydrogen) atoms. The minimum atomic E-state index is -2.81. The maximum absolute atomic E-state index is 11.2.